The Kier molecular flexibility index (Phi) is 7.21. The fourth-order valence-corrected chi connectivity index (χ4v) is 4.64. The first kappa shape index (κ1) is 23.5. The number of hydrogen-bond acceptors (Lipinski definition) is 7. The SMILES string of the molecule is CCC(CO)Nc1ncc2nc(Nc3ccc(Cl)cc3Cl)n(C3CCC(C(N)=O)CC3)c2n1. The van der Waals surface area contributed by atoms with Crippen LogP contribution in [0.25, 0.3) is 11.2 Å². The molecule has 176 valence electrons. The van der Waals surface area contributed by atoms with E-state index in [1.807, 2.05) is 11.5 Å². The number of aliphatic hydroxyl groups excluding tert-OH is 1. The van der Waals surface area contributed by atoms with Crippen molar-refractivity contribution in [1.29, 1.82) is 0 Å². The van der Waals surface area contributed by atoms with Crippen LogP contribution in [0.5, 0.6) is 0 Å². The molecule has 33 heavy (non-hydrogen) atoms. The highest BCUT2D eigenvalue weighted by Crippen LogP contribution is 2.38. The van der Waals surface area contributed by atoms with Crippen LogP contribution < -0.4 is 16.4 Å². The Balaban J connectivity index is 1.73. The van der Waals surface area contributed by atoms with Crippen molar-refractivity contribution in [2.45, 2.75) is 51.1 Å². The fraction of sp³-hybridized carbons (Fsp3) is 0.455. The van der Waals surface area contributed by atoms with Crippen molar-refractivity contribution in [3.63, 3.8) is 0 Å². The van der Waals surface area contributed by atoms with Gasteiger partial charge in [-0.2, -0.15) is 4.98 Å². The summed E-state index contributed by atoms with van der Waals surface area (Å²) in [5.41, 5.74) is 7.49. The molecule has 0 bridgehead atoms. The number of nitrogens with one attached hydrogen (secondary N) is 2. The monoisotopic (exact) mass is 491 g/mol. The lowest BCUT2D eigenvalue weighted by atomic mass is 9.85. The normalized spacial score (nSPS) is 19.4. The topological polar surface area (TPSA) is 131 Å². The van der Waals surface area contributed by atoms with Gasteiger partial charge in [-0.1, -0.05) is 30.1 Å². The average Bonchev–Trinajstić information content (AvgIpc) is 3.16. The molecule has 0 radical (unpaired) electrons. The number of halogens is 2. The number of nitrogens with two attached hydrogens (primary N) is 1. The number of fused-ring (bicyclic) bond motifs is 1. The van der Waals surface area contributed by atoms with Crippen LogP contribution in [0.15, 0.2) is 24.4 Å². The van der Waals surface area contributed by atoms with Gasteiger partial charge in [0.2, 0.25) is 17.8 Å². The highest BCUT2D eigenvalue weighted by Gasteiger charge is 2.29. The minimum Gasteiger partial charge on any atom is -0.394 e. The Hall–Kier alpha value is -2.62. The van der Waals surface area contributed by atoms with E-state index in [0.717, 1.165) is 19.3 Å². The second kappa shape index (κ2) is 10.1. The predicted octanol–water partition coefficient (Wildman–Crippen LogP) is 4.28. The molecule has 0 spiro atoms. The molecule has 1 fully saturated rings. The lowest BCUT2D eigenvalue weighted by molar-refractivity contribution is -0.122. The molecule has 1 aliphatic carbocycles. The Labute approximate surface area is 201 Å². The molecule has 0 saturated heterocycles. The van der Waals surface area contributed by atoms with E-state index in [1.54, 1.807) is 24.4 Å². The summed E-state index contributed by atoms with van der Waals surface area (Å²) in [7, 11) is 0. The number of imidazole rings is 1. The van der Waals surface area contributed by atoms with Crippen LogP contribution >= 0.6 is 23.2 Å². The Morgan fingerprint density at radius 2 is 2.03 bits per heavy atom. The number of benzene rings is 1. The Morgan fingerprint density at radius 3 is 2.67 bits per heavy atom. The summed E-state index contributed by atoms with van der Waals surface area (Å²) in [6.07, 6.45) is 5.34. The fourth-order valence-electron chi connectivity index (χ4n) is 4.18. The van der Waals surface area contributed by atoms with Crippen molar-refractivity contribution in [3.8, 4) is 0 Å². The highest BCUT2D eigenvalue weighted by atomic mass is 35.5. The Bertz CT molecular complexity index is 1140. The zero-order chi connectivity index (χ0) is 23.5. The van der Waals surface area contributed by atoms with E-state index >= 15 is 0 Å². The van der Waals surface area contributed by atoms with E-state index < -0.39 is 0 Å². The number of primary amides is 1. The predicted molar refractivity (Wildman–Crippen MR) is 130 cm³/mol. The van der Waals surface area contributed by atoms with E-state index in [2.05, 4.69) is 15.6 Å². The minimum atomic E-state index is -0.251. The van der Waals surface area contributed by atoms with Crippen molar-refractivity contribution in [2.24, 2.45) is 11.7 Å². The number of hydrogen-bond donors (Lipinski definition) is 4. The molecule has 0 aliphatic heterocycles. The lowest BCUT2D eigenvalue weighted by Gasteiger charge is -2.29. The van der Waals surface area contributed by atoms with Gasteiger partial charge in [0.05, 0.1) is 29.6 Å². The largest absolute Gasteiger partial charge is 0.394 e. The molecule has 1 atom stereocenters. The van der Waals surface area contributed by atoms with Gasteiger partial charge in [0.15, 0.2) is 5.65 Å². The van der Waals surface area contributed by atoms with Crippen molar-refractivity contribution < 1.29 is 9.90 Å². The molecule has 2 aromatic heterocycles. The van der Waals surface area contributed by atoms with Gasteiger partial charge in [0, 0.05) is 17.0 Å². The van der Waals surface area contributed by atoms with Crippen molar-refractivity contribution in [2.75, 3.05) is 17.2 Å². The third-order valence-corrected chi connectivity index (χ3v) is 6.67. The molecular formula is C22H27Cl2N7O2. The quantitative estimate of drug-likeness (QED) is 0.369. The number of carbonyl (C=O) groups is 1. The zero-order valence-corrected chi connectivity index (χ0v) is 19.8. The number of amides is 1. The third kappa shape index (κ3) is 5.15. The molecule has 5 N–H and O–H groups in total. The second-order valence-corrected chi connectivity index (χ2v) is 9.14. The summed E-state index contributed by atoms with van der Waals surface area (Å²) in [5.74, 6) is 0.641. The number of nitrogens with zero attached hydrogens (tertiary/aromatic N) is 4. The van der Waals surface area contributed by atoms with Gasteiger partial charge in [-0.15, -0.1) is 0 Å². The van der Waals surface area contributed by atoms with E-state index in [9.17, 15) is 9.90 Å². The van der Waals surface area contributed by atoms with Crippen LogP contribution in [-0.2, 0) is 4.79 Å². The van der Waals surface area contributed by atoms with E-state index in [0.29, 0.717) is 51.6 Å². The molecule has 3 aromatic rings. The molecule has 4 rings (SSSR count). The molecular weight excluding hydrogens is 465 g/mol. The maximum Gasteiger partial charge on any atom is 0.225 e. The van der Waals surface area contributed by atoms with Crippen molar-refractivity contribution in [3.05, 3.63) is 34.4 Å². The molecule has 1 aliphatic rings. The van der Waals surface area contributed by atoms with Gasteiger partial charge in [0.25, 0.3) is 0 Å². The molecule has 1 aromatic carbocycles. The first-order chi connectivity index (χ1) is 15.9. The number of anilines is 3. The van der Waals surface area contributed by atoms with E-state index in [1.165, 1.54) is 0 Å². The summed E-state index contributed by atoms with van der Waals surface area (Å²) in [4.78, 5) is 25.5. The number of carbonyl (C=O) groups excluding carboxylic acids is 1. The molecule has 9 nitrogen and oxygen atoms in total. The van der Waals surface area contributed by atoms with Gasteiger partial charge < -0.3 is 21.5 Å². The van der Waals surface area contributed by atoms with Gasteiger partial charge in [-0.05, 0) is 50.3 Å². The second-order valence-electron chi connectivity index (χ2n) is 8.30. The van der Waals surface area contributed by atoms with Gasteiger partial charge in [-0.25, -0.2) is 9.97 Å². The van der Waals surface area contributed by atoms with Crippen molar-refractivity contribution >= 4 is 57.9 Å². The number of rotatable bonds is 8. The molecule has 11 heteroatoms. The summed E-state index contributed by atoms with van der Waals surface area (Å²) < 4.78 is 2.05. The van der Waals surface area contributed by atoms with Gasteiger partial charge >= 0.3 is 0 Å². The molecule has 1 amide bonds. The van der Waals surface area contributed by atoms with Gasteiger partial charge in [-0.3, -0.25) is 9.36 Å². The maximum atomic E-state index is 11.7. The van der Waals surface area contributed by atoms with Gasteiger partial charge in [0.1, 0.15) is 5.52 Å². The summed E-state index contributed by atoms with van der Waals surface area (Å²) >= 11 is 12.4. The van der Waals surface area contributed by atoms with E-state index in [4.69, 9.17) is 38.9 Å². The zero-order valence-electron chi connectivity index (χ0n) is 18.3. The van der Waals surface area contributed by atoms with E-state index in [-0.39, 0.29) is 30.5 Å². The smallest absolute Gasteiger partial charge is 0.225 e. The average molecular weight is 492 g/mol. The highest BCUT2D eigenvalue weighted by molar-refractivity contribution is 6.36. The maximum absolute atomic E-state index is 11.7. The first-order valence-electron chi connectivity index (χ1n) is 11.0. The summed E-state index contributed by atoms with van der Waals surface area (Å²) in [6, 6.07) is 5.14. The summed E-state index contributed by atoms with van der Waals surface area (Å²) in [6.45, 7) is 1.96. The minimum absolute atomic E-state index is 0.0177. The first-order valence-corrected chi connectivity index (χ1v) is 11.8. The van der Waals surface area contributed by atoms with Crippen LogP contribution in [0.3, 0.4) is 0 Å². The summed E-state index contributed by atoms with van der Waals surface area (Å²) in [5, 5.41) is 17.0. The molecule has 1 unspecified atom stereocenters. The Morgan fingerprint density at radius 1 is 1.27 bits per heavy atom. The van der Waals surface area contributed by atoms with Crippen LogP contribution in [0, 0.1) is 5.92 Å². The molecule has 2 heterocycles. The standard InChI is InChI=1S/C22H27Cl2N7O2/c1-2-14(11-32)27-21-26-10-18-20(30-21)31(15-6-3-12(4-7-15)19(25)33)22(29-18)28-17-8-5-13(23)9-16(17)24/h5,8-10,12,14-15,32H,2-4,6-7,11H2,1H3,(H2,25,33)(H,28,29)(H,26,27,30). The van der Waals surface area contributed by atoms with Crippen LogP contribution in [0.1, 0.15) is 45.1 Å². The number of aliphatic hydroxyl groups is 1. The molecule has 1 saturated carbocycles. The number of aromatic nitrogens is 4. The van der Waals surface area contributed by atoms with Crippen molar-refractivity contribution in [1.82, 2.24) is 19.5 Å². The van der Waals surface area contributed by atoms with Crippen LogP contribution in [0.2, 0.25) is 10.0 Å². The van der Waals surface area contributed by atoms with Crippen LogP contribution in [0.4, 0.5) is 17.6 Å². The lowest BCUT2D eigenvalue weighted by Crippen LogP contribution is -2.29. The third-order valence-electron chi connectivity index (χ3n) is 6.12. The van der Waals surface area contributed by atoms with Crippen LogP contribution in [-0.4, -0.2) is 43.2 Å².